The molecule has 0 aromatic heterocycles. The second-order valence-electron chi connectivity index (χ2n) is 11.9. The van der Waals surface area contributed by atoms with Gasteiger partial charge in [0.2, 0.25) is 11.8 Å². The highest BCUT2D eigenvalue weighted by molar-refractivity contribution is 7.98. The summed E-state index contributed by atoms with van der Waals surface area (Å²) in [6.45, 7) is 1.77. The first-order chi connectivity index (χ1) is 23.7. The molecule has 11 heteroatoms. The number of sulfonamides is 1. The first kappa shape index (κ1) is 36.3. The Morgan fingerprint density at radius 1 is 0.918 bits per heavy atom. The lowest BCUT2D eigenvalue weighted by molar-refractivity contribution is -0.140. The molecule has 5 rings (SSSR count). The van der Waals surface area contributed by atoms with Crippen LogP contribution in [0.15, 0.2) is 113 Å². The average molecular weight is 720 g/mol. The third-order valence-corrected chi connectivity index (χ3v) is 11.5. The lowest BCUT2D eigenvalue weighted by atomic mass is 10.0. The number of carbonyl (C=O) groups is 2. The van der Waals surface area contributed by atoms with E-state index in [0.29, 0.717) is 28.6 Å². The Labute approximate surface area is 298 Å². The van der Waals surface area contributed by atoms with Crippen molar-refractivity contribution in [3.8, 4) is 5.75 Å². The van der Waals surface area contributed by atoms with Crippen LogP contribution in [-0.4, -0.2) is 56.6 Å². The van der Waals surface area contributed by atoms with Crippen molar-refractivity contribution in [1.29, 1.82) is 0 Å². The summed E-state index contributed by atoms with van der Waals surface area (Å²) in [4.78, 5) is 31.3. The Balaban J connectivity index is 1.57. The second-order valence-corrected chi connectivity index (χ2v) is 15.1. The van der Waals surface area contributed by atoms with Gasteiger partial charge in [0.05, 0.1) is 17.2 Å². The number of halogens is 1. The number of hydrogen-bond donors (Lipinski definition) is 1. The van der Waals surface area contributed by atoms with Crippen LogP contribution >= 0.6 is 23.4 Å². The number of rotatable bonds is 15. The zero-order chi connectivity index (χ0) is 34.8. The third-order valence-electron chi connectivity index (χ3n) is 8.63. The molecule has 258 valence electrons. The van der Waals surface area contributed by atoms with E-state index in [1.165, 1.54) is 16.7 Å². The molecule has 4 aromatic rings. The number of amides is 2. The number of ether oxygens (including phenoxy) is 1. The molecule has 0 radical (unpaired) electrons. The normalized spacial score (nSPS) is 13.9. The van der Waals surface area contributed by atoms with Gasteiger partial charge in [-0.15, -0.1) is 11.8 Å². The standard InChI is InChI=1S/C38H42ClN3O5S2/c1-3-47-32-19-17-31(18-20-32)42(49(45,46)34-23-21-33(48-2)22-24-34)27-37(43)41(26-29-13-7-10-16-35(29)39)36(25-28-11-5-4-6-12-28)38(44)40-30-14-8-9-15-30/h4-7,10-13,16-24,30,36H,3,8-9,14-15,25-27H2,1-2H3,(H,40,44). The zero-order valence-electron chi connectivity index (χ0n) is 27.8. The van der Waals surface area contributed by atoms with Crippen LogP contribution in [0.3, 0.4) is 0 Å². The lowest BCUT2D eigenvalue weighted by Crippen LogP contribution is -2.54. The van der Waals surface area contributed by atoms with Crippen molar-refractivity contribution >= 4 is 50.9 Å². The van der Waals surface area contributed by atoms with Crippen molar-refractivity contribution in [3.63, 3.8) is 0 Å². The highest BCUT2D eigenvalue weighted by Gasteiger charge is 2.36. The Hall–Kier alpha value is -3.99. The molecule has 0 heterocycles. The summed E-state index contributed by atoms with van der Waals surface area (Å²) in [6, 6.07) is 28.9. The molecule has 49 heavy (non-hydrogen) atoms. The summed E-state index contributed by atoms with van der Waals surface area (Å²) in [6.07, 6.45) is 5.97. The summed E-state index contributed by atoms with van der Waals surface area (Å²) in [7, 11) is -4.23. The van der Waals surface area contributed by atoms with Gasteiger partial charge in [-0.1, -0.05) is 73.0 Å². The van der Waals surface area contributed by atoms with Crippen LogP contribution in [-0.2, 0) is 32.6 Å². The Morgan fingerprint density at radius 3 is 2.20 bits per heavy atom. The van der Waals surface area contributed by atoms with Crippen molar-refractivity contribution < 1.29 is 22.7 Å². The molecule has 1 fully saturated rings. The molecular formula is C38H42ClN3O5S2. The van der Waals surface area contributed by atoms with E-state index in [9.17, 15) is 18.0 Å². The SMILES string of the molecule is CCOc1ccc(N(CC(=O)N(Cc2ccccc2Cl)C(Cc2ccccc2)C(=O)NC2CCCC2)S(=O)(=O)c2ccc(SC)cc2)cc1. The smallest absolute Gasteiger partial charge is 0.264 e. The Bertz CT molecular complexity index is 1800. The van der Waals surface area contributed by atoms with Crippen molar-refractivity contribution in [2.24, 2.45) is 0 Å². The molecule has 0 bridgehead atoms. The number of nitrogens with one attached hydrogen (secondary N) is 1. The molecule has 0 spiro atoms. The highest BCUT2D eigenvalue weighted by atomic mass is 35.5. The molecule has 0 aliphatic heterocycles. The first-order valence-electron chi connectivity index (χ1n) is 16.5. The van der Waals surface area contributed by atoms with Gasteiger partial charge >= 0.3 is 0 Å². The maximum absolute atomic E-state index is 14.7. The minimum atomic E-state index is -4.23. The maximum Gasteiger partial charge on any atom is 0.264 e. The zero-order valence-corrected chi connectivity index (χ0v) is 30.1. The van der Waals surface area contributed by atoms with E-state index >= 15 is 0 Å². The van der Waals surface area contributed by atoms with Crippen molar-refractivity contribution in [2.75, 3.05) is 23.7 Å². The molecule has 4 aromatic carbocycles. The van der Waals surface area contributed by atoms with Crippen LogP contribution in [0.2, 0.25) is 5.02 Å². The fourth-order valence-electron chi connectivity index (χ4n) is 6.01. The van der Waals surface area contributed by atoms with E-state index in [1.54, 1.807) is 60.7 Å². The summed E-state index contributed by atoms with van der Waals surface area (Å²) in [5, 5.41) is 3.64. The highest BCUT2D eigenvalue weighted by Crippen LogP contribution is 2.29. The van der Waals surface area contributed by atoms with Gasteiger partial charge in [0, 0.05) is 28.9 Å². The van der Waals surface area contributed by atoms with Crippen LogP contribution in [0.1, 0.15) is 43.7 Å². The predicted molar refractivity (Wildman–Crippen MR) is 197 cm³/mol. The van der Waals surface area contributed by atoms with Crippen LogP contribution in [0.4, 0.5) is 5.69 Å². The number of nitrogens with zero attached hydrogens (tertiary/aromatic N) is 2. The number of anilines is 1. The van der Waals surface area contributed by atoms with E-state index in [1.807, 2.05) is 55.6 Å². The fourth-order valence-corrected chi connectivity index (χ4v) is 8.03. The molecule has 0 saturated heterocycles. The van der Waals surface area contributed by atoms with Gasteiger partial charge in [0.15, 0.2) is 0 Å². The van der Waals surface area contributed by atoms with Gasteiger partial charge in [0.25, 0.3) is 10.0 Å². The van der Waals surface area contributed by atoms with Crippen molar-refractivity contribution in [1.82, 2.24) is 10.2 Å². The van der Waals surface area contributed by atoms with Gasteiger partial charge < -0.3 is 15.0 Å². The Kier molecular flexibility index (Phi) is 12.7. The average Bonchev–Trinajstić information content (AvgIpc) is 3.63. The number of thioether (sulfide) groups is 1. The number of benzene rings is 4. The van der Waals surface area contributed by atoms with Crippen molar-refractivity contribution in [3.05, 3.63) is 119 Å². The van der Waals surface area contributed by atoms with Crippen LogP contribution in [0.25, 0.3) is 0 Å². The van der Waals surface area contributed by atoms with Gasteiger partial charge in [-0.2, -0.15) is 0 Å². The third kappa shape index (κ3) is 9.38. The molecule has 1 saturated carbocycles. The first-order valence-corrected chi connectivity index (χ1v) is 19.5. The minimum absolute atomic E-state index is 0.00762. The number of hydrogen-bond acceptors (Lipinski definition) is 6. The minimum Gasteiger partial charge on any atom is -0.494 e. The summed E-state index contributed by atoms with van der Waals surface area (Å²) >= 11 is 8.12. The van der Waals surface area contributed by atoms with Crippen LogP contribution in [0, 0.1) is 0 Å². The van der Waals surface area contributed by atoms with Gasteiger partial charge in [-0.05, 0) is 91.7 Å². The maximum atomic E-state index is 14.7. The molecule has 1 atom stereocenters. The summed E-state index contributed by atoms with van der Waals surface area (Å²) in [5.41, 5.74) is 1.81. The molecule has 1 aliphatic rings. The van der Waals surface area contributed by atoms with E-state index in [0.717, 1.165) is 40.4 Å². The van der Waals surface area contributed by atoms with E-state index < -0.39 is 28.5 Å². The summed E-state index contributed by atoms with van der Waals surface area (Å²) in [5.74, 6) is -0.244. The molecule has 1 unspecified atom stereocenters. The molecule has 1 aliphatic carbocycles. The second kappa shape index (κ2) is 17.1. The molecule has 2 amide bonds. The van der Waals surface area contributed by atoms with Gasteiger partial charge in [-0.3, -0.25) is 13.9 Å². The van der Waals surface area contributed by atoms with E-state index in [2.05, 4.69) is 5.32 Å². The van der Waals surface area contributed by atoms with E-state index in [-0.39, 0.29) is 29.8 Å². The van der Waals surface area contributed by atoms with Crippen LogP contribution < -0.4 is 14.4 Å². The van der Waals surface area contributed by atoms with Gasteiger partial charge in [0.1, 0.15) is 18.3 Å². The summed E-state index contributed by atoms with van der Waals surface area (Å²) < 4.78 is 35.4. The fraction of sp³-hybridized carbons (Fsp3) is 0.316. The lowest BCUT2D eigenvalue weighted by Gasteiger charge is -2.34. The largest absolute Gasteiger partial charge is 0.494 e. The van der Waals surface area contributed by atoms with Crippen molar-refractivity contribution in [2.45, 2.75) is 67.4 Å². The topological polar surface area (TPSA) is 96.0 Å². The monoisotopic (exact) mass is 719 g/mol. The predicted octanol–water partition coefficient (Wildman–Crippen LogP) is 7.35. The number of carbonyl (C=O) groups excluding carboxylic acids is 2. The molecule has 8 nitrogen and oxygen atoms in total. The molecular weight excluding hydrogens is 678 g/mol. The van der Waals surface area contributed by atoms with Gasteiger partial charge in [-0.25, -0.2) is 8.42 Å². The Morgan fingerprint density at radius 2 is 1.57 bits per heavy atom. The quantitative estimate of drug-likeness (QED) is 0.129. The molecule has 1 N–H and O–H groups in total. The van der Waals surface area contributed by atoms with E-state index in [4.69, 9.17) is 16.3 Å². The van der Waals surface area contributed by atoms with Crippen LogP contribution in [0.5, 0.6) is 5.75 Å².